The van der Waals surface area contributed by atoms with Crippen molar-refractivity contribution in [2.45, 2.75) is 39.3 Å². The van der Waals surface area contributed by atoms with Gasteiger partial charge in [0.2, 0.25) is 0 Å². The Hall–Kier alpha value is -3.08. The number of Topliss-reactive ketones (excluding diaryl/α,β-unsaturated/α-hetero) is 1. The van der Waals surface area contributed by atoms with Crippen LogP contribution in [0, 0.1) is 24.7 Å². The first-order valence-corrected chi connectivity index (χ1v) is 13.5. The zero-order chi connectivity index (χ0) is 26.0. The van der Waals surface area contributed by atoms with E-state index in [1.807, 2.05) is 63.2 Å². The predicted molar refractivity (Wildman–Crippen MR) is 147 cm³/mol. The summed E-state index contributed by atoms with van der Waals surface area (Å²) in [5, 5.41) is 0.346. The lowest BCUT2D eigenvalue weighted by molar-refractivity contribution is -0.145. The SMILES string of the molecule is CCOC(=O)CC(=O)CSc1nc2c(sc(=S)n2-c2ccc(C)c(C)c2)c(=O)n1-c1ccc(C)cc1. The van der Waals surface area contributed by atoms with Gasteiger partial charge in [0.1, 0.15) is 11.1 Å². The quantitative estimate of drug-likeness (QED) is 0.0960. The summed E-state index contributed by atoms with van der Waals surface area (Å²) >= 11 is 7.98. The highest BCUT2D eigenvalue weighted by atomic mass is 32.2. The minimum absolute atomic E-state index is 0.0306. The molecule has 2 aromatic carbocycles. The van der Waals surface area contributed by atoms with Crippen molar-refractivity contribution in [1.82, 2.24) is 14.1 Å². The normalized spacial score (nSPS) is 11.1. The van der Waals surface area contributed by atoms with Gasteiger partial charge in [-0.3, -0.25) is 23.5 Å². The fourth-order valence-corrected chi connectivity index (χ4v) is 5.78. The van der Waals surface area contributed by atoms with Gasteiger partial charge in [-0.25, -0.2) is 4.98 Å². The average molecular weight is 540 g/mol. The molecule has 36 heavy (non-hydrogen) atoms. The van der Waals surface area contributed by atoms with E-state index in [9.17, 15) is 14.4 Å². The molecule has 0 N–H and O–H groups in total. The van der Waals surface area contributed by atoms with Crippen LogP contribution in [0.1, 0.15) is 30.0 Å². The van der Waals surface area contributed by atoms with Crippen molar-refractivity contribution in [1.29, 1.82) is 0 Å². The van der Waals surface area contributed by atoms with E-state index in [0.29, 0.717) is 25.1 Å². The number of thiazole rings is 1. The molecule has 10 heteroatoms. The average Bonchev–Trinajstić information content (AvgIpc) is 3.16. The van der Waals surface area contributed by atoms with Crippen molar-refractivity contribution < 1.29 is 14.3 Å². The maximum atomic E-state index is 13.8. The zero-order valence-electron chi connectivity index (χ0n) is 20.4. The van der Waals surface area contributed by atoms with Crippen molar-refractivity contribution in [2.75, 3.05) is 12.4 Å². The first kappa shape index (κ1) is 26.0. The number of carbonyl (C=O) groups is 2. The number of hydrogen-bond donors (Lipinski definition) is 0. The number of esters is 1. The lowest BCUT2D eigenvalue weighted by atomic mass is 10.1. The number of ether oxygens (including phenoxy) is 1. The van der Waals surface area contributed by atoms with Gasteiger partial charge in [0.05, 0.1) is 18.0 Å². The van der Waals surface area contributed by atoms with Crippen LogP contribution in [0.25, 0.3) is 21.7 Å². The van der Waals surface area contributed by atoms with Gasteiger partial charge in [-0.1, -0.05) is 46.9 Å². The first-order valence-electron chi connectivity index (χ1n) is 11.3. The fourth-order valence-electron chi connectivity index (χ4n) is 3.62. The van der Waals surface area contributed by atoms with Crippen LogP contribution in [0.15, 0.2) is 52.4 Å². The Morgan fingerprint density at radius 1 is 1.03 bits per heavy atom. The molecule has 0 aliphatic heterocycles. The molecule has 0 saturated heterocycles. The van der Waals surface area contributed by atoms with Crippen LogP contribution >= 0.6 is 35.3 Å². The molecule has 0 bridgehead atoms. The molecule has 0 atom stereocenters. The molecule has 0 unspecified atom stereocenters. The summed E-state index contributed by atoms with van der Waals surface area (Å²) in [6.45, 7) is 7.92. The second-order valence-corrected chi connectivity index (χ2v) is 10.9. The van der Waals surface area contributed by atoms with E-state index in [0.717, 1.165) is 34.1 Å². The summed E-state index contributed by atoms with van der Waals surface area (Å²) in [5.41, 5.74) is 4.94. The molecule has 186 valence electrons. The largest absolute Gasteiger partial charge is 0.466 e. The minimum Gasteiger partial charge on any atom is -0.466 e. The van der Waals surface area contributed by atoms with Crippen molar-refractivity contribution >= 4 is 57.4 Å². The van der Waals surface area contributed by atoms with E-state index >= 15 is 0 Å². The Kier molecular flexibility index (Phi) is 7.87. The number of fused-ring (bicyclic) bond motifs is 1. The molecular formula is C26H25N3O4S3. The van der Waals surface area contributed by atoms with Crippen LogP contribution in [0.5, 0.6) is 0 Å². The number of rotatable bonds is 8. The van der Waals surface area contributed by atoms with E-state index in [2.05, 4.69) is 0 Å². The standard InChI is InChI=1S/C26H25N3O4S3/c1-5-33-21(31)13-20(30)14-35-25-27-23-22(24(32)29(25)18-9-6-15(2)7-10-18)36-26(34)28(23)19-11-8-16(3)17(4)12-19/h6-12H,5,13-14H2,1-4H3. The number of ketones is 1. The molecule has 0 amide bonds. The highest BCUT2D eigenvalue weighted by Crippen LogP contribution is 2.28. The van der Waals surface area contributed by atoms with Crippen molar-refractivity contribution in [3.05, 3.63) is 73.5 Å². The van der Waals surface area contributed by atoms with Crippen LogP contribution in [0.3, 0.4) is 0 Å². The Bertz CT molecular complexity index is 1580. The number of aryl methyl sites for hydroxylation is 3. The smallest absolute Gasteiger partial charge is 0.313 e. The van der Waals surface area contributed by atoms with Gasteiger partial charge in [0.15, 0.2) is 20.5 Å². The number of carbonyl (C=O) groups excluding carboxylic acids is 2. The van der Waals surface area contributed by atoms with Gasteiger partial charge >= 0.3 is 5.97 Å². The molecule has 2 aromatic heterocycles. The van der Waals surface area contributed by atoms with Crippen LogP contribution in [-0.2, 0) is 14.3 Å². The van der Waals surface area contributed by atoms with Crippen molar-refractivity contribution in [3.8, 4) is 11.4 Å². The third kappa shape index (κ3) is 5.35. The van der Waals surface area contributed by atoms with Crippen LogP contribution in [0.2, 0.25) is 0 Å². The van der Waals surface area contributed by atoms with E-state index in [4.69, 9.17) is 21.9 Å². The second kappa shape index (κ2) is 10.9. The second-order valence-electron chi connectivity index (χ2n) is 8.30. The number of hydrogen-bond acceptors (Lipinski definition) is 8. The van der Waals surface area contributed by atoms with Gasteiger partial charge in [0, 0.05) is 5.69 Å². The molecular weight excluding hydrogens is 515 g/mol. The summed E-state index contributed by atoms with van der Waals surface area (Å²) < 4.78 is 9.12. The summed E-state index contributed by atoms with van der Waals surface area (Å²) in [6, 6.07) is 13.5. The monoisotopic (exact) mass is 539 g/mol. The van der Waals surface area contributed by atoms with Gasteiger partial charge < -0.3 is 4.74 Å². The third-order valence-corrected chi connectivity index (χ3v) is 7.98. The van der Waals surface area contributed by atoms with E-state index < -0.39 is 5.97 Å². The Morgan fingerprint density at radius 3 is 2.39 bits per heavy atom. The molecule has 0 spiro atoms. The van der Waals surface area contributed by atoms with Gasteiger partial charge in [0.25, 0.3) is 5.56 Å². The van der Waals surface area contributed by atoms with E-state index in [1.54, 1.807) is 11.5 Å². The van der Waals surface area contributed by atoms with Gasteiger partial charge in [-0.2, -0.15) is 0 Å². The number of nitrogens with zero attached hydrogens (tertiary/aromatic N) is 3. The molecule has 0 aliphatic carbocycles. The highest BCUT2D eigenvalue weighted by Gasteiger charge is 2.20. The summed E-state index contributed by atoms with van der Waals surface area (Å²) in [5.74, 6) is -0.903. The highest BCUT2D eigenvalue weighted by molar-refractivity contribution is 7.99. The maximum absolute atomic E-state index is 13.8. The number of aromatic nitrogens is 3. The Balaban J connectivity index is 1.86. The van der Waals surface area contributed by atoms with E-state index in [-0.39, 0.29) is 30.1 Å². The summed E-state index contributed by atoms with van der Waals surface area (Å²) in [7, 11) is 0. The minimum atomic E-state index is -0.566. The van der Waals surface area contributed by atoms with E-state index in [1.165, 1.54) is 15.9 Å². The molecule has 4 rings (SSSR count). The Morgan fingerprint density at radius 2 is 1.72 bits per heavy atom. The third-order valence-electron chi connectivity index (χ3n) is 5.63. The fraction of sp³-hybridized carbons (Fsp3) is 0.269. The predicted octanol–water partition coefficient (Wildman–Crippen LogP) is 5.51. The lowest BCUT2D eigenvalue weighted by Gasteiger charge is -2.13. The number of benzene rings is 2. The maximum Gasteiger partial charge on any atom is 0.313 e. The molecule has 0 radical (unpaired) electrons. The molecule has 2 heterocycles. The summed E-state index contributed by atoms with van der Waals surface area (Å²) in [4.78, 5) is 42.8. The lowest BCUT2D eigenvalue weighted by Crippen LogP contribution is -2.22. The van der Waals surface area contributed by atoms with Crippen molar-refractivity contribution in [2.24, 2.45) is 0 Å². The molecule has 0 saturated carbocycles. The van der Waals surface area contributed by atoms with Crippen LogP contribution in [0.4, 0.5) is 0 Å². The number of thioether (sulfide) groups is 1. The zero-order valence-corrected chi connectivity index (χ0v) is 22.8. The van der Waals surface area contributed by atoms with Gasteiger partial charge in [-0.05, 0) is 75.3 Å². The molecule has 4 aromatic rings. The van der Waals surface area contributed by atoms with Gasteiger partial charge in [-0.15, -0.1) is 0 Å². The molecule has 7 nitrogen and oxygen atoms in total. The first-order chi connectivity index (χ1) is 17.2. The van der Waals surface area contributed by atoms with Crippen molar-refractivity contribution in [3.63, 3.8) is 0 Å². The Labute approximate surface area is 221 Å². The summed E-state index contributed by atoms with van der Waals surface area (Å²) in [6.07, 6.45) is -0.324. The van der Waals surface area contributed by atoms with Crippen LogP contribution < -0.4 is 5.56 Å². The topological polar surface area (TPSA) is 83.2 Å². The van der Waals surface area contributed by atoms with Crippen LogP contribution in [-0.4, -0.2) is 38.2 Å². The molecule has 0 fully saturated rings. The molecule has 0 aliphatic rings.